The Morgan fingerprint density at radius 2 is 1.51 bits per heavy atom. The number of urea groups is 1. The van der Waals surface area contributed by atoms with Gasteiger partial charge in [-0.25, -0.2) is 4.79 Å². The molecule has 4 aliphatic carbocycles. The normalized spacial score (nSPS) is 26.3. The van der Waals surface area contributed by atoms with Gasteiger partial charge in [0.15, 0.2) is 0 Å². The summed E-state index contributed by atoms with van der Waals surface area (Å²) in [5, 5.41) is 10.8. The first kappa shape index (κ1) is 35.8. The van der Waals surface area contributed by atoms with Gasteiger partial charge in [0, 0.05) is 17.8 Å². The molecule has 12 nitrogen and oxygen atoms in total. The molecule has 4 N–H and O–H groups in total. The van der Waals surface area contributed by atoms with E-state index >= 15 is 0 Å². The van der Waals surface area contributed by atoms with Crippen LogP contribution in [0.1, 0.15) is 129 Å². The molecule has 47 heavy (non-hydrogen) atoms. The molecule has 1 aliphatic heterocycles. The quantitative estimate of drug-likeness (QED) is 0.161. The number of hydrogen-bond acceptors (Lipinski definition) is 7. The number of Topliss-reactive ketones (excluding diaryl/α,β-unsaturated/α-hetero) is 1. The van der Waals surface area contributed by atoms with Crippen LogP contribution in [0.25, 0.3) is 0 Å². The summed E-state index contributed by atoms with van der Waals surface area (Å²) in [5.41, 5.74) is -1.47. The molecule has 0 bridgehead atoms. The number of hydrogen-bond donors (Lipinski definition) is 4. The second kappa shape index (κ2) is 15.3. The molecule has 5 atom stereocenters. The Kier molecular flexibility index (Phi) is 11.7. The summed E-state index contributed by atoms with van der Waals surface area (Å²) < 4.78 is 24.1. The van der Waals surface area contributed by atoms with Crippen LogP contribution in [0.4, 0.5) is 4.79 Å². The van der Waals surface area contributed by atoms with E-state index in [-0.39, 0.29) is 11.9 Å². The lowest BCUT2D eigenvalue weighted by molar-refractivity contribution is -0.144. The Balaban J connectivity index is 1.31. The van der Waals surface area contributed by atoms with Gasteiger partial charge >= 0.3 is 6.03 Å². The highest BCUT2D eigenvalue weighted by Gasteiger charge is 2.48. The highest BCUT2D eigenvalue weighted by Crippen LogP contribution is 2.41. The summed E-state index contributed by atoms with van der Waals surface area (Å²) >= 11 is -2.38. The molecule has 264 valence electrons. The lowest BCUT2D eigenvalue weighted by Gasteiger charge is -2.45. The van der Waals surface area contributed by atoms with Crippen molar-refractivity contribution in [3.05, 3.63) is 0 Å². The zero-order chi connectivity index (χ0) is 33.8. The number of nitrogens with zero attached hydrogens (tertiary/aromatic N) is 1. The van der Waals surface area contributed by atoms with Crippen molar-refractivity contribution in [1.82, 2.24) is 26.2 Å². The highest BCUT2D eigenvalue weighted by molar-refractivity contribution is 7.79. The summed E-state index contributed by atoms with van der Waals surface area (Å²) in [4.78, 5) is 69.3. The topological polar surface area (TPSA) is 177 Å². The van der Waals surface area contributed by atoms with E-state index in [1.165, 1.54) is 0 Å². The van der Waals surface area contributed by atoms with Crippen molar-refractivity contribution in [1.29, 1.82) is 0 Å². The van der Waals surface area contributed by atoms with Crippen LogP contribution in [0, 0.1) is 11.3 Å². The number of carbonyl (C=O) groups is 5. The van der Waals surface area contributed by atoms with E-state index in [9.17, 15) is 32.7 Å². The fourth-order valence-corrected chi connectivity index (χ4v) is 8.70. The van der Waals surface area contributed by atoms with Crippen LogP contribution < -0.4 is 21.3 Å². The molecule has 4 saturated carbocycles. The van der Waals surface area contributed by atoms with Gasteiger partial charge in [-0.1, -0.05) is 69.4 Å². The lowest BCUT2D eigenvalue weighted by atomic mass is 9.70. The van der Waals surface area contributed by atoms with Crippen molar-refractivity contribution in [2.45, 2.75) is 164 Å². The molecule has 1 saturated heterocycles. The summed E-state index contributed by atoms with van der Waals surface area (Å²) in [5.74, 6) is -1.59. The third kappa shape index (κ3) is 8.93. The Bertz CT molecular complexity index is 1210. The monoisotopic (exact) mass is 676 g/mol. The Morgan fingerprint density at radius 3 is 2.11 bits per heavy atom. The maximum absolute atomic E-state index is 14.5. The van der Waals surface area contributed by atoms with E-state index in [0.29, 0.717) is 44.6 Å². The third-order valence-corrected chi connectivity index (χ3v) is 12.6. The second-order valence-electron chi connectivity index (χ2n) is 15.2. The maximum Gasteiger partial charge on any atom is 0.315 e. The summed E-state index contributed by atoms with van der Waals surface area (Å²) in [6.45, 7) is 3.97. The first-order valence-electron chi connectivity index (χ1n) is 18.0. The zero-order valence-corrected chi connectivity index (χ0v) is 28.9. The molecule has 1 heterocycles. The third-order valence-electron chi connectivity index (χ3n) is 11.6. The van der Waals surface area contributed by atoms with Crippen molar-refractivity contribution in [3.63, 3.8) is 0 Å². The van der Waals surface area contributed by atoms with Crippen LogP contribution in [0.5, 0.6) is 0 Å². The van der Waals surface area contributed by atoms with Gasteiger partial charge in [-0.3, -0.25) is 23.4 Å². The predicted molar refractivity (Wildman–Crippen MR) is 176 cm³/mol. The number of ketones is 1. The Labute approximate surface area is 281 Å². The first-order chi connectivity index (χ1) is 22.4. The maximum atomic E-state index is 14.5. The fourth-order valence-electron chi connectivity index (χ4n) is 8.03. The van der Waals surface area contributed by atoms with Crippen LogP contribution in [0.2, 0.25) is 0 Å². The van der Waals surface area contributed by atoms with Crippen molar-refractivity contribution < 1.29 is 32.7 Å². The summed E-state index contributed by atoms with van der Waals surface area (Å²) in [6.07, 6.45) is 14.0. The standard InChI is InChI=1S/C34H55N5O7S/c1-22(47(45)46)34(19-7-4-8-20-34)38-32(44)37-28(33(2)17-5-3-6-18-33)31(43)39-21-9-10-26(39)29(41)36-25(16-13-23-11-12-23)27(40)30(42)35-24-14-15-24/h22-26,28H,3-21H2,1-2H3,(H,35,42)(H,36,41)(H,45,46)(H2,37,38,44)/p-1/t22-,25+,26+,28-/m1/s1. The molecule has 0 aromatic heterocycles. The fraction of sp³-hybridized carbons (Fsp3) is 0.853. The number of carbonyl (C=O) groups excluding carboxylic acids is 5. The molecule has 5 aliphatic rings. The number of nitrogens with one attached hydrogen (secondary N) is 4. The Hall–Kier alpha value is -2.54. The molecular formula is C34H54N5O7S-. The van der Waals surface area contributed by atoms with Crippen LogP contribution in [0.3, 0.4) is 0 Å². The van der Waals surface area contributed by atoms with E-state index in [2.05, 4.69) is 21.3 Å². The van der Waals surface area contributed by atoms with Gasteiger partial charge in [0.05, 0.1) is 11.6 Å². The molecule has 5 amide bonds. The molecule has 0 aromatic carbocycles. The van der Waals surface area contributed by atoms with Crippen LogP contribution in [-0.2, 0) is 30.3 Å². The minimum atomic E-state index is -2.38. The van der Waals surface area contributed by atoms with Gasteiger partial charge in [0.1, 0.15) is 12.1 Å². The molecule has 0 aromatic rings. The van der Waals surface area contributed by atoms with Gasteiger partial charge in [-0.2, -0.15) is 0 Å². The minimum absolute atomic E-state index is 0.0237. The zero-order valence-electron chi connectivity index (χ0n) is 28.1. The molecule has 13 heteroatoms. The molecule has 5 fully saturated rings. The van der Waals surface area contributed by atoms with Crippen molar-refractivity contribution >= 4 is 40.6 Å². The molecule has 0 spiro atoms. The van der Waals surface area contributed by atoms with Crippen molar-refractivity contribution in [2.24, 2.45) is 11.3 Å². The Morgan fingerprint density at radius 1 is 0.872 bits per heavy atom. The van der Waals surface area contributed by atoms with Crippen LogP contribution >= 0.6 is 0 Å². The second-order valence-corrected chi connectivity index (χ2v) is 16.5. The van der Waals surface area contributed by atoms with E-state index in [1.54, 1.807) is 11.8 Å². The van der Waals surface area contributed by atoms with Crippen LogP contribution in [-0.4, -0.2) is 84.7 Å². The average molecular weight is 677 g/mol. The van der Waals surface area contributed by atoms with Crippen molar-refractivity contribution in [2.75, 3.05) is 6.54 Å². The first-order valence-corrected chi connectivity index (χ1v) is 19.2. The van der Waals surface area contributed by atoms with Gasteiger partial charge in [0.25, 0.3) is 5.91 Å². The van der Waals surface area contributed by atoms with Gasteiger partial charge in [-0.05, 0) is 82.5 Å². The smallest absolute Gasteiger partial charge is 0.315 e. The van der Waals surface area contributed by atoms with Crippen molar-refractivity contribution in [3.8, 4) is 0 Å². The predicted octanol–water partition coefficient (Wildman–Crippen LogP) is 3.11. The molecular weight excluding hydrogens is 622 g/mol. The number of likely N-dealkylation sites (tertiary alicyclic amines) is 1. The minimum Gasteiger partial charge on any atom is -0.772 e. The van der Waals surface area contributed by atoms with Crippen LogP contribution in [0.15, 0.2) is 0 Å². The molecule has 1 unspecified atom stereocenters. The van der Waals surface area contributed by atoms with E-state index in [4.69, 9.17) is 0 Å². The number of amides is 5. The SMILES string of the molecule is C[C@@H](S(=O)[O-])C1(NC(=O)N[C@H](C(=O)N2CCC[C@H]2C(=O)N[C@@H](CCC2CC2)C(=O)C(=O)NC2CC2)C2(C)CCCCC2)CCCCC1. The van der Waals surface area contributed by atoms with E-state index in [0.717, 1.165) is 83.5 Å². The van der Waals surface area contributed by atoms with Gasteiger partial charge < -0.3 is 30.7 Å². The molecule has 5 rings (SSSR count). The average Bonchev–Trinajstić information content (AvgIpc) is 4.00. The van der Waals surface area contributed by atoms with Gasteiger partial charge in [-0.15, -0.1) is 0 Å². The highest BCUT2D eigenvalue weighted by atomic mass is 32.2. The van der Waals surface area contributed by atoms with Gasteiger partial charge in [0.2, 0.25) is 17.6 Å². The summed E-state index contributed by atoms with van der Waals surface area (Å²) in [7, 11) is 0. The van der Waals surface area contributed by atoms with E-state index in [1.807, 2.05) is 6.92 Å². The largest absolute Gasteiger partial charge is 0.772 e. The van der Waals surface area contributed by atoms with E-state index < -0.39 is 69.0 Å². The number of rotatable bonds is 14. The molecule has 0 radical (unpaired) electrons. The lowest BCUT2D eigenvalue weighted by Crippen LogP contribution is -2.65. The summed E-state index contributed by atoms with van der Waals surface area (Å²) in [6, 6.07) is -3.23.